The fraction of sp³-hybridized carbons (Fsp3) is 0.0909. The van der Waals surface area contributed by atoms with Crippen LogP contribution in [0.25, 0.3) is 27.6 Å². The van der Waals surface area contributed by atoms with E-state index < -0.39 is 0 Å². The summed E-state index contributed by atoms with van der Waals surface area (Å²) in [6.45, 7) is 0.0888. The first kappa shape index (κ1) is 18.6. The van der Waals surface area contributed by atoms with Crippen LogP contribution < -0.4 is 15.4 Å². The average Bonchev–Trinajstić information content (AvgIpc) is 3.45. The Hall–Kier alpha value is -4.40. The molecule has 0 aliphatic heterocycles. The lowest BCUT2D eigenvalue weighted by molar-refractivity contribution is -0.114. The van der Waals surface area contributed by atoms with Gasteiger partial charge >= 0.3 is 0 Å². The monoisotopic (exact) mass is 414 g/mol. The maximum atomic E-state index is 12.5. The number of carbonyl (C=O) groups excluding carboxylic acids is 1. The van der Waals surface area contributed by atoms with Gasteiger partial charge in [0.2, 0.25) is 5.91 Å². The molecule has 0 atom stereocenters. The number of hydrogen-bond donors (Lipinski definition) is 2. The molecule has 0 fully saturated rings. The lowest BCUT2D eigenvalue weighted by Crippen LogP contribution is -2.22. The molecule has 0 saturated carbocycles. The molecular weight excluding hydrogens is 396 g/mol. The summed E-state index contributed by atoms with van der Waals surface area (Å²) in [6, 6.07) is 18.9. The van der Waals surface area contributed by atoms with Crippen LogP contribution in [0.2, 0.25) is 0 Å². The summed E-state index contributed by atoms with van der Waals surface area (Å²) in [6.07, 6.45) is 1.52. The minimum atomic E-state index is -0.210. The van der Waals surface area contributed by atoms with Crippen molar-refractivity contribution in [3.8, 4) is 11.4 Å². The number of methoxy groups -OCH3 is 1. The fourth-order valence-electron chi connectivity index (χ4n) is 3.41. The largest absolute Gasteiger partial charge is 0.495 e. The third-order valence-corrected chi connectivity index (χ3v) is 4.91. The zero-order valence-electron chi connectivity index (χ0n) is 16.6. The summed E-state index contributed by atoms with van der Waals surface area (Å²) in [4.78, 5) is 12.5. The van der Waals surface area contributed by atoms with Gasteiger partial charge in [-0.05, 0) is 46.8 Å². The van der Waals surface area contributed by atoms with Crippen molar-refractivity contribution in [3.63, 3.8) is 0 Å². The van der Waals surface area contributed by atoms with E-state index in [0.717, 1.165) is 27.7 Å². The second-order valence-corrected chi connectivity index (χ2v) is 6.85. The zero-order chi connectivity index (χ0) is 21.2. The van der Waals surface area contributed by atoms with Gasteiger partial charge in [0.1, 0.15) is 23.2 Å². The fourth-order valence-corrected chi connectivity index (χ4v) is 3.41. The van der Waals surface area contributed by atoms with Gasteiger partial charge in [-0.25, -0.2) is 4.68 Å². The molecule has 0 unspecified atom stereocenters. The number of para-hydroxylation sites is 1. The van der Waals surface area contributed by atoms with E-state index in [9.17, 15) is 4.79 Å². The van der Waals surface area contributed by atoms with Crippen molar-refractivity contribution < 1.29 is 13.9 Å². The number of aromatic nitrogens is 4. The molecule has 5 rings (SSSR count). The van der Waals surface area contributed by atoms with Crippen molar-refractivity contribution in [3.05, 3.63) is 67.0 Å². The number of hydrogen-bond acceptors (Lipinski definition) is 7. The van der Waals surface area contributed by atoms with Crippen LogP contribution in [0, 0.1) is 0 Å². The Kier molecular flexibility index (Phi) is 4.68. The van der Waals surface area contributed by atoms with Crippen LogP contribution in [-0.2, 0) is 4.79 Å². The van der Waals surface area contributed by atoms with Gasteiger partial charge < -0.3 is 19.8 Å². The number of rotatable bonds is 6. The molecule has 1 amide bonds. The van der Waals surface area contributed by atoms with Gasteiger partial charge in [0.05, 0.1) is 25.0 Å². The summed E-state index contributed by atoms with van der Waals surface area (Å²) in [7, 11) is 1.57. The highest BCUT2D eigenvalue weighted by Gasteiger charge is 2.14. The molecule has 0 spiro atoms. The molecule has 0 saturated heterocycles. The van der Waals surface area contributed by atoms with Crippen LogP contribution in [-0.4, -0.2) is 39.8 Å². The zero-order valence-corrected chi connectivity index (χ0v) is 16.6. The van der Waals surface area contributed by atoms with Crippen molar-refractivity contribution in [1.82, 2.24) is 20.2 Å². The first-order valence-corrected chi connectivity index (χ1v) is 9.58. The summed E-state index contributed by atoms with van der Waals surface area (Å²) < 4.78 is 12.9. The van der Waals surface area contributed by atoms with Crippen LogP contribution in [0.1, 0.15) is 0 Å². The van der Waals surface area contributed by atoms with Gasteiger partial charge in [-0.1, -0.05) is 18.2 Å². The van der Waals surface area contributed by atoms with Crippen molar-refractivity contribution in [2.24, 2.45) is 0 Å². The summed E-state index contributed by atoms with van der Waals surface area (Å²) >= 11 is 0. The average molecular weight is 414 g/mol. The Labute approximate surface area is 176 Å². The number of benzene rings is 3. The van der Waals surface area contributed by atoms with Crippen LogP contribution in [0.4, 0.5) is 11.4 Å². The van der Waals surface area contributed by atoms with Gasteiger partial charge in [-0.3, -0.25) is 4.79 Å². The minimum Gasteiger partial charge on any atom is -0.495 e. The van der Waals surface area contributed by atoms with Crippen molar-refractivity contribution >= 4 is 39.2 Å². The Balaban J connectivity index is 1.30. The molecule has 0 radical (unpaired) electrons. The predicted molar refractivity (Wildman–Crippen MR) is 117 cm³/mol. The first-order valence-electron chi connectivity index (χ1n) is 9.58. The summed E-state index contributed by atoms with van der Waals surface area (Å²) in [5, 5.41) is 19.0. The van der Waals surface area contributed by atoms with E-state index >= 15 is 0 Å². The highest BCUT2D eigenvalue weighted by Crippen LogP contribution is 2.36. The molecular formula is C22H18N6O3. The van der Waals surface area contributed by atoms with E-state index in [1.165, 1.54) is 6.33 Å². The van der Waals surface area contributed by atoms with E-state index in [-0.39, 0.29) is 12.5 Å². The van der Waals surface area contributed by atoms with Gasteiger partial charge in [-0.2, -0.15) is 0 Å². The molecule has 0 bridgehead atoms. The number of furan rings is 1. The Morgan fingerprint density at radius 3 is 2.68 bits per heavy atom. The van der Waals surface area contributed by atoms with Gasteiger partial charge in [0.25, 0.3) is 0 Å². The summed E-state index contributed by atoms with van der Waals surface area (Å²) in [5.74, 6) is 0.358. The molecule has 9 nitrogen and oxygen atoms in total. The Bertz CT molecular complexity index is 1360. The van der Waals surface area contributed by atoms with Crippen molar-refractivity contribution in [2.45, 2.75) is 0 Å². The van der Waals surface area contributed by atoms with Gasteiger partial charge in [0.15, 0.2) is 0 Å². The number of ether oxygens (including phenoxy) is 1. The number of amides is 1. The molecule has 154 valence electrons. The molecule has 3 aromatic carbocycles. The normalized spacial score (nSPS) is 11.0. The molecule has 0 aliphatic rings. The topological polar surface area (TPSA) is 107 Å². The van der Waals surface area contributed by atoms with Crippen LogP contribution in [0.5, 0.6) is 5.75 Å². The number of carbonyl (C=O) groups is 1. The predicted octanol–water partition coefficient (Wildman–Crippen LogP) is 3.62. The molecule has 2 heterocycles. The van der Waals surface area contributed by atoms with Gasteiger partial charge in [0, 0.05) is 22.5 Å². The number of anilines is 2. The van der Waals surface area contributed by atoms with E-state index in [2.05, 4.69) is 26.2 Å². The maximum Gasteiger partial charge on any atom is 0.243 e. The third-order valence-electron chi connectivity index (χ3n) is 4.91. The lowest BCUT2D eigenvalue weighted by atomic mass is 10.1. The number of nitrogens with one attached hydrogen (secondary N) is 2. The molecule has 31 heavy (non-hydrogen) atoms. The molecule has 9 heteroatoms. The highest BCUT2D eigenvalue weighted by molar-refractivity contribution is 6.08. The standard InChI is InChI=1S/C22H18N6O3/c1-30-21-10-17-16-4-2-3-5-19(16)31-20(17)11-18(21)25-22(29)12-23-14-6-8-15(9-7-14)28-13-24-26-27-28/h2-11,13,23H,12H2,1H3,(H,25,29). The first-order chi connectivity index (χ1) is 15.2. The van der Waals surface area contributed by atoms with Crippen molar-refractivity contribution in [2.75, 3.05) is 24.3 Å². The molecule has 0 aliphatic carbocycles. The third kappa shape index (κ3) is 3.64. The smallest absolute Gasteiger partial charge is 0.243 e. The highest BCUT2D eigenvalue weighted by atomic mass is 16.5. The molecule has 2 aromatic heterocycles. The number of fused-ring (bicyclic) bond motifs is 3. The van der Waals surface area contributed by atoms with E-state index in [1.54, 1.807) is 17.9 Å². The Morgan fingerprint density at radius 1 is 1.06 bits per heavy atom. The van der Waals surface area contributed by atoms with Gasteiger partial charge in [-0.15, -0.1) is 5.10 Å². The lowest BCUT2D eigenvalue weighted by Gasteiger charge is -2.11. The van der Waals surface area contributed by atoms with E-state index in [4.69, 9.17) is 9.15 Å². The Morgan fingerprint density at radius 2 is 1.90 bits per heavy atom. The number of tetrazole rings is 1. The van der Waals surface area contributed by atoms with Crippen LogP contribution >= 0.6 is 0 Å². The summed E-state index contributed by atoms with van der Waals surface area (Å²) in [5.41, 5.74) is 3.64. The second kappa shape index (κ2) is 7.79. The van der Waals surface area contributed by atoms with Crippen molar-refractivity contribution in [1.29, 1.82) is 0 Å². The second-order valence-electron chi connectivity index (χ2n) is 6.85. The van der Waals surface area contributed by atoms with Crippen LogP contribution in [0.15, 0.2) is 71.4 Å². The molecule has 2 N–H and O–H groups in total. The quantitative estimate of drug-likeness (QED) is 0.437. The van der Waals surface area contributed by atoms with E-state index in [1.807, 2.05) is 54.6 Å². The SMILES string of the molecule is COc1cc2c(cc1NC(=O)CNc1ccc(-n3cnnn3)cc1)oc1ccccc12. The maximum absolute atomic E-state index is 12.5. The minimum absolute atomic E-state index is 0.0888. The van der Waals surface area contributed by atoms with E-state index in [0.29, 0.717) is 17.0 Å². The molecule has 5 aromatic rings. The number of nitrogens with zero attached hydrogens (tertiary/aromatic N) is 4. The van der Waals surface area contributed by atoms with Crippen LogP contribution in [0.3, 0.4) is 0 Å².